The molecular weight excluding hydrogens is 395 g/mol. The summed E-state index contributed by atoms with van der Waals surface area (Å²) in [5.41, 5.74) is 1.20. The summed E-state index contributed by atoms with van der Waals surface area (Å²) in [4.78, 5) is -0.0662. The van der Waals surface area contributed by atoms with Crippen LogP contribution in [0.2, 0.25) is 15.1 Å². The van der Waals surface area contributed by atoms with E-state index >= 15 is 0 Å². The van der Waals surface area contributed by atoms with Gasteiger partial charge in [-0.25, -0.2) is 8.42 Å². The lowest BCUT2D eigenvalue weighted by Gasteiger charge is -2.09. The van der Waals surface area contributed by atoms with Gasteiger partial charge in [0.1, 0.15) is 0 Å². The summed E-state index contributed by atoms with van der Waals surface area (Å²) in [6, 6.07) is 9.58. The average molecular weight is 404 g/mol. The highest BCUT2D eigenvalue weighted by Crippen LogP contribution is 2.36. The highest BCUT2D eigenvalue weighted by atomic mass is 35.5. The largest absolute Gasteiger partial charge is 0.223 e. The number of benzene rings is 2. The van der Waals surface area contributed by atoms with Gasteiger partial charge in [-0.15, -0.1) is 10.2 Å². The van der Waals surface area contributed by atoms with Gasteiger partial charge in [0.15, 0.2) is 9.84 Å². The van der Waals surface area contributed by atoms with Crippen LogP contribution in [0.25, 0.3) is 11.4 Å². The molecule has 3 rings (SSSR count). The van der Waals surface area contributed by atoms with Crippen molar-refractivity contribution in [3.63, 3.8) is 0 Å². The Kier molecular flexibility index (Phi) is 4.78. The van der Waals surface area contributed by atoms with E-state index in [9.17, 15) is 8.42 Å². The van der Waals surface area contributed by atoms with Crippen LogP contribution in [0.4, 0.5) is 0 Å². The van der Waals surface area contributed by atoms with Crippen LogP contribution < -0.4 is 0 Å². The van der Waals surface area contributed by atoms with Gasteiger partial charge in [0.05, 0.1) is 25.7 Å². The van der Waals surface area contributed by atoms with Crippen LogP contribution in [0.5, 0.6) is 0 Å². The van der Waals surface area contributed by atoms with E-state index in [0.717, 1.165) is 0 Å². The third-order valence-corrected chi connectivity index (χ3v) is 6.35. The van der Waals surface area contributed by atoms with Crippen LogP contribution in [-0.2, 0) is 15.6 Å². The lowest BCUT2D eigenvalue weighted by molar-refractivity contribution is 0.595. The number of aromatic amines is 1. The molecule has 0 aliphatic carbocycles. The number of nitrogens with zero attached hydrogens (tertiary/aromatic N) is 3. The highest BCUT2D eigenvalue weighted by Gasteiger charge is 2.22. The number of halogens is 3. The van der Waals surface area contributed by atoms with E-state index in [2.05, 4.69) is 20.6 Å². The molecule has 0 bridgehead atoms. The summed E-state index contributed by atoms with van der Waals surface area (Å²) in [5.74, 6) is 0.123. The van der Waals surface area contributed by atoms with Gasteiger partial charge >= 0.3 is 0 Å². The minimum atomic E-state index is -3.71. The second kappa shape index (κ2) is 6.68. The fraction of sp³-hybridized carbons (Fsp3) is 0.0714. The van der Waals surface area contributed by atoms with Gasteiger partial charge in [0, 0.05) is 5.56 Å². The topological polar surface area (TPSA) is 88.6 Å². The molecule has 0 saturated heterocycles. The van der Waals surface area contributed by atoms with Crippen LogP contribution in [0.15, 0.2) is 41.3 Å². The maximum Gasteiger partial charge on any atom is 0.204 e. The van der Waals surface area contributed by atoms with Crippen LogP contribution in [-0.4, -0.2) is 29.0 Å². The third kappa shape index (κ3) is 3.39. The van der Waals surface area contributed by atoms with Gasteiger partial charge in [-0.1, -0.05) is 53.0 Å². The maximum atomic E-state index is 12.6. The predicted octanol–water partition coefficient (Wildman–Crippen LogP) is 3.80. The number of tetrazole rings is 1. The number of rotatable bonds is 4. The molecule has 0 aliphatic rings. The molecule has 3 aromatic rings. The molecule has 0 amide bonds. The van der Waals surface area contributed by atoms with Gasteiger partial charge < -0.3 is 0 Å². The zero-order chi connectivity index (χ0) is 17.3. The first-order chi connectivity index (χ1) is 11.4. The van der Waals surface area contributed by atoms with E-state index in [1.807, 2.05) is 0 Å². The first-order valence-corrected chi connectivity index (χ1v) is 9.36. The Hall–Kier alpha value is -1.67. The molecule has 124 valence electrons. The molecule has 6 nitrogen and oxygen atoms in total. The Bertz CT molecular complexity index is 991. The monoisotopic (exact) mass is 402 g/mol. The van der Waals surface area contributed by atoms with E-state index in [1.54, 1.807) is 24.3 Å². The van der Waals surface area contributed by atoms with E-state index in [0.29, 0.717) is 17.0 Å². The Morgan fingerprint density at radius 3 is 2.54 bits per heavy atom. The molecule has 1 heterocycles. The SMILES string of the molecule is O=S(=O)(Cc1cccc(-c2nn[nH]n2)c1)c1ccc(Cl)c(Cl)c1Cl. The van der Waals surface area contributed by atoms with Gasteiger partial charge in [0.2, 0.25) is 5.82 Å². The maximum absolute atomic E-state index is 12.6. The van der Waals surface area contributed by atoms with Crippen molar-refractivity contribution in [1.82, 2.24) is 20.6 Å². The molecule has 0 spiro atoms. The van der Waals surface area contributed by atoms with Crippen molar-refractivity contribution >= 4 is 44.6 Å². The van der Waals surface area contributed by atoms with Crippen molar-refractivity contribution in [3.8, 4) is 11.4 Å². The van der Waals surface area contributed by atoms with Gasteiger partial charge in [0.25, 0.3) is 0 Å². The van der Waals surface area contributed by atoms with Gasteiger partial charge in [-0.3, -0.25) is 0 Å². The quantitative estimate of drug-likeness (QED) is 0.669. The molecule has 10 heteroatoms. The van der Waals surface area contributed by atoms with Crippen molar-refractivity contribution in [2.45, 2.75) is 10.6 Å². The second-order valence-corrected chi connectivity index (χ2v) is 7.99. The van der Waals surface area contributed by atoms with Crippen molar-refractivity contribution in [3.05, 3.63) is 57.0 Å². The summed E-state index contributed by atoms with van der Waals surface area (Å²) in [6.07, 6.45) is 0. The molecule has 0 aliphatic heterocycles. The van der Waals surface area contributed by atoms with E-state index in [1.165, 1.54) is 12.1 Å². The predicted molar refractivity (Wildman–Crippen MR) is 92.0 cm³/mol. The number of aromatic nitrogens is 4. The summed E-state index contributed by atoms with van der Waals surface area (Å²) in [5, 5.41) is 13.7. The van der Waals surface area contributed by atoms with Crippen LogP contribution in [0.1, 0.15) is 5.56 Å². The number of hydrogen-bond donors (Lipinski definition) is 1. The summed E-state index contributed by atoms with van der Waals surface area (Å²) < 4.78 is 25.3. The Morgan fingerprint density at radius 1 is 1.04 bits per heavy atom. The van der Waals surface area contributed by atoms with Gasteiger partial charge in [-0.2, -0.15) is 5.21 Å². The number of nitrogens with one attached hydrogen (secondary N) is 1. The highest BCUT2D eigenvalue weighted by molar-refractivity contribution is 7.90. The molecule has 0 unspecified atom stereocenters. The van der Waals surface area contributed by atoms with Crippen LogP contribution in [0, 0.1) is 0 Å². The molecule has 1 aromatic heterocycles. The van der Waals surface area contributed by atoms with E-state index < -0.39 is 9.84 Å². The molecular formula is C14H9Cl3N4O2S. The molecule has 0 atom stereocenters. The van der Waals surface area contributed by atoms with E-state index in [4.69, 9.17) is 34.8 Å². The average Bonchev–Trinajstić information content (AvgIpc) is 3.06. The zero-order valence-electron chi connectivity index (χ0n) is 11.9. The Labute approximate surface area is 152 Å². The smallest absolute Gasteiger partial charge is 0.204 e. The summed E-state index contributed by atoms with van der Waals surface area (Å²) in [6.45, 7) is 0. The molecule has 0 saturated carbocycles. The van der Waals surface area contributed by atoms with Crippen LogP contribution in [0.3, 0.4) is 0 Å². The standard InChI is InChI=1S/C14H9Cl3N4O2S/c15-10-4-5-11(13(17)12(10)16)24(22,23)7-8-2-1-3-9(6-8)14-18-20-21-19-14/h1-6H,7H2,(H,18,19,20,21). The fourth-order valence-corrected chi connectivity index (χ4v) is 4.50. The number of H-pyrrole nitrogens is 1. The lowest BCUT2D eigenvalue weighted by atomic mass is 10.1. The Morgan fingerprint density at radius 2 is 1.83 bits per heavy atom. The summed E-state index contributed by atoms with van der Waals surface area (Å²) in [7, 11) is -3.71. The molecule has 1 N–H and O–H groups in total. The molecule has 24 heavy (non-hydrogen) atoms. The fourth-order valence-electron chi connectivity index (χ4n) is 2.13. The lowest BCUT2D eigenvalue weighted by Crippen LogP contribution is -2.06. The van der Waals surface area contributed by atoms with Crippen LogP contribution >= 0.6 is 34.8 Å². The van der Waals surface area contributed by atoms with Crippen molar-refractivity contribution in [1.29, 1.82) is 0 Å². The second-order valence-electron chi connectivity index (χ2n) is 4.87. The minimum Gasteiger partial charge on any atom is -0.223 e. The first-order valence-electron chi connectivity index (χ1n) is 6.57. The molecule has 0 fully saturated rings. The van der Waals surface area contributed by atoms with Crippen molar-refractivity contribution in [2.75, 3.05) is 0 Å². The normalized spacial score (nSPS) is 11.6. The Balaban J connectivity index is 1.96. The first kappa shape index (κ1) is 17.2. The third-order valence-electron chi connectivity index (χ3n) is 3.22. The van der Waals surface area contributed by atoms with E-state index in [-0.39, 0.29) is 25.7 Å². The van der Waals surface area contributed by atoms with Crippen molar-refractivity contribution < 1.29 is 8.42 Å². The molecule has 0 radical (unpaired) electrons. The van der Waals surface area contributed by atoms with Crippen molar-refractivity contribution in [2.24, 2.45) is 0 Å². The zero-order valence-corrected chi connectivity index (χ0v) is 15.0. The molecule has 2 aromatic carbocycles. The number of hydrogen-bond acceptors (Lipinski definition) is 5. The minimum absolute atomic E-state index is 0.0138. The summed E-state index contributed by atoms with van der Waals surface area (Å²) >= 11 is 17.8. The number of sulfone groups is 1. The van der Waals surface area contributed by atoms with Gasteiger partial charge in [-0.05, 0) is 29.0 Å².